The second kappa shape index (κ2) is 7.53. The van der Waals surface area contributed by atoms with E-state index in [9.17, 15) is 14.3 Å². The Labute approximate surface area is 165 Å². The molecule has 2 aromatic heterocycles. The highest BCUT2D eigenvalue weighted by molar-refractivity contribution is 5.95. The van der Waals surface area contributed by atoms with Crippen molar-refractivity contribution in [1.82, 2.24) is 20.0 Å². The number of hydrogen-bond donors (Lipinski definition) is 2. The van der Waals surface area contributed by atoms with Crippen molar-refractivity contribution in [2.75, 3.05) is 18.9 Å². The monoisotopic (exact) mass is 395 g/mol. The van der Waals surface area contributed by atoms with Crippen LogP contribution in [-0.4, -0.2) is 50.3 Å². The first-order valence-electron chi connectivity index (χ1n) is 8.90. The van der Waals surface area contributed by atoms with Crippen LogP contribution in [0, 0.1) is 12.7 Å². The molecule has 0 aliphatic carbocycles. The van der Waals surface area contributed by atoms with Crippen LogP contribution in [0.25, 0.3) is 22.4 Å². The van der Waals surface area contributed by atoms with Gasteiger partial charge < -0.3 is 10.8 Å². The predicted octanol–water partition coefficient (Wildman–Crippen LogP) is 1.98. The number of pyridine rings is 1. The zero-order chi connectivity index (χ0) is 20.5. The van der Waals surface area contributed by atoms with Gasteiger partial charge in [0.25, 0.3) is 5.91 Å². The van der Waals surface area contributed by atoms with Gasteiger partial charge >= 0.3 is 0 Å². The molecule has 148 valence electrons. The summed E-state index contributed by atoms with van der Waals surface area (Å²) >= 11 is 0. The first-order valence-corrected chi connectivity index (χ1v) is 8.90. The molecule has 0 bridgehead atoms. The van der Waals surface area contributed by atoms with Crippen LogP contribution >= 0.6 is 0 Å². The van der Waals surface area contributed by atoms with Gasteiger partial charge in [0.05, 0.1) is 17.8 Å². The summed E-state index contributed by atoms with van der Waals surface area (Å²) in [5, 5.41) is 10.5. The van der Waals surface area contributed by atoms with E-state index in [0.717, 1.165) is 10.6 Å². The van der Waals surface area contributed by atoms with E-state index in [1.54, 1.807) is 24.4 Å². The van der Waals surface area contributed by atoms with Gasteiger partial charge in [0, 0.05) is 28.6 Å². The SMILES string of the molecule is Cc1ncnc(-c2ccc(C(=O)N3CC(O)CO3)c(F)c2)c1-c1ccc(N)nc1. The van der Waals surface area contributed by atoms with Gasteiger partial charge in [-0.05, 0) is 31.2 Å². The van der Waals surface area contributed by atoms with Crippen LogP contribution < -0.4 is 5.73 Å². The molecule has 0 saturated carbocycles. The number of benzene rings is 1. The Bertz CT molecular complexity index is 1070. The molecule has 3 aromatic rings. The number of nitrogens with zero attached hydrogens (tertiary/aromatic N) is 4. The number of hydrogen-bond acceptors (Lipinski definition) is 7. The van der Waals surface area contributed by atoms with Crippen LogP contribution in [0.1, 0.15) is 16.1 Å². The van der Waals surface area contributed by atoms with Crippen LogP contribution in [0.3, 0.4) is 0 Å². The number of anilines is 1. The third-order valence-electron chi connectivity index (χ3n) is 4.61. The van der Waals surface area contributed by atoms with E-state index in [2.05, 4.69) is 15.0 Å². The molecular weight excluding hydrogens is 377 g/mol. The summed E-state index contributed by atoms with van der Waals surface area (Å²) < 4.78 is 14.8. The van der Waals surface area contributed by atoms with Gasteiger partial charge in [-0.3, -0.25) is 9.63 Å². The molecule has 8 nitrogen and oxygen atoms in total. The fourth-order valence-corrected chi connectivity index (χ4v) is 3.18. The Kier molecular flexibility index (Phi) is 4.91. The average Bonchev–Trinajstić information content (AvgIpc) is 3.14. The highest BCUT2D eigenvalue weighted by Crippen LogP contribution is 2.33. The van der Waals surface area contributed by atoms with Crippen molar-refractivity contribution in [1.29, 1.82) is 0 Å². The number of aliphatic hydroxyl groups is 1. The highest BCUT2D eigenvalue weighted by atomic mass is 19.1. The quantitative estimate of drug-likeness (QED) is 0.697. The van der Waals surface area contributed by atoms with Crippen molar-refractivity contribution in [3.63, 3.8) is 0 Å². The molecule has 0 radical (unpaired) electrons. The lowest BCUT2D eigenvalue weighted by atomic mass is 9.98. The smallest absolute Gasteiger partial charge is 0.280 e. The summed E-state index contributed by atoms with van der Waals surface area (Å²) in [6, 6.07) is 7.69. The first kappa shape index (κ1) is 18.9. The van der Waals surface area contributed by atoms with E-state index in [4.69, 9.17) is 10.6 Å². The summed E-state index contributed by atoms with van der Waals surface area (Å²) in [5.74, 6) is -0.976. The molecular formula is C20H18FN5O3. The molecule has 4 rings (SSSR count). The first-order chi connectivity index (χ1) is 13.9. The molecule has 1 aliphatic heterocycles. The molecule has 0 spiro atoms. The molecule has 29 heavy (non-hydrogen) atoms. The number of halogens is 1. The van der Waals surface area contributed by atoms with Gasteiger partial charge in [-0.1, -0.05) is 6.07 Å². The molecule has 1 amide bonds. The zero-order valence-electron chi connectivity index (χ0n) is 15.5. The summed E-state index contributed by atoms with van der Waals surface area (Å²) in [6.45, 7) is 1.82. The molecule has 1 saturated heterocycles. The second-order valence-corrected chi connectivity index (χ2v) is 6.66. The predicted molar refractivity (Wildman–Crippen MR) is 103 cm³/mol. The molecule has 1 unspecified atom stereocenters. The second-order valence-electron chi connectivity index (χ2n) is 6.66. The van der Waals surface area contributed by atoms with E-state index < -0.39 is 17.8 Å². The lowest BCUT2D eigenvalue weighted by Gasteiger charge is -2.15. The largest absolute Gasteiger partial charge is 0.389 e. The Hall–Kier alpha value is -3.43. The number of hydroxylamine groups is 2. The Balaban J connectivity index is 1.73. The molecule has 1 fully saturated rings. The van der Waals surface area contributed by atoms with Gasteiger partial charge in [-0.25, -0.2) is 24.4 Å². The summed E-state index contributed by atoms with van der Waals surface area (Å²) in [4.78, 5) is 30.2. The van der Waals surface area contributed by atoms with Crippen LogP contribution in [0.5, 0.6) is 0 Å². The van der Waals surface area contributed by atoms with Crippen LogP contribution in [-0.2, 0) is 4.84 Å². The molecule has 1 atom stereocenters. The molecule has 3 heterocycles. The average molecular weight is 395 g/mol. The van der Waals surface area contributed by atoms with Crippen LogP contribution in [0.15, 0.2) is 42.9 Å². The van der Waals surface area contributed by atoms with Gasteiger partial charge in [0.1, 0.15) is 30.7 Å². The Morgan fingerprint density at radius 3 is 2.69 bits per heavy atom. The number of amides is 1. The van der Waals surface area contributed by atoms with E-state index in [1.165, 1.54) is 18.5 Å². The highest BCUT2D eigenvalue weighted by Gasteiger charge is 2.29. The number of aryl methyl sites for hydroxylation is 1. The number of aromatic nitrogens is 3. The van der Waals surface area contributed by atoms with E-state index in [-0.39, 0.29) is 18.7 Å². The third kappa shape index (κ3) is 3.65. The lowest BCUT2D eigenvalue weighted by Crippen LogP contribution is -2.29. The minimum Gasteiger partial charge on any atom is -0.389 e. The van der Waals surface area contributed by atoms with E-state index in [1.807, 2.05) is 6.92 Å². The van der Waals surface area contributed by atoms with Crippen molar-refractivity contribution < 1.29 is 19.1 Å². The van der Waals surface area contributed by atoms with Crippen molar-refractivity contribution >= 4 is 11.7 Å². The van der Waals surface area contributed by atoms with E-state index in [0.29, 0.717) is 28.3 Å². The molecule has 1 aromatic carbocycles. The van der Waals surface area contributed by atoms with Gasteiger partial charge in [-0.2, -0.15) is 0 Å². The number of β-amino-alcohol motifs (C(OH)–C–C–N with tert-alkyl or cyclic N) is 1. The summed E-state index contributed by atoms with van der Waals surface area (Å²) in [7, 11) is 0. The molecule has 9 heteroatoms. The van der Waals surface area contributed by atoms with Gasteiger partial charge in [0.2, 0.25) is 0 Å². The number of rotatable bonds is 3. The maximum Gasteiger partial charge on any atom is 0.280 e. The third-order valence-corrected chi connectivity index (χ3v) is 4.61. The minimum absolute atomic E-state index is 0.000579. The number of nitrogen functional groups attached to an aromatic ring is 1. The van der Waals surface area contributed by atoms with Gasteiger partial charge in [-0.15, -0.1) is 0 Å². The van der Waals surface area contributed by atoms with Crippen molar-refractivity contribution in [3.05, 3.63) is 59.9 Å². The normalized spacial score (nSPS) is 16.2. The minimum atomic E-state index is -0.777. The zero-order valence-corrected chi connectivity index (χ0v) is 15.5. The fraction of sp³-hybridized carbons (Fsp3) is 0.200. The van der Waals surface area contributed by atoms with Crippen LogP contribution in [0.4, 0.5) is 10.2 Å². The van der Waals surface area contributed by atoms with Crippen molar-refractivity contribution in [2.45, 2.75) is 13.0 Å². The Morgan fingerprint density at radius 2 is 2.03 bits per heavy atom. The number of carbonyl (C=O) groups is 1. The topological polar surface area (TPSA) is 114 Å². The van der Waals surface area contributed by atoms with E-state index >= 15 is 0 Å². The van der Waals surface area contributed by atoms with Crippen LogP contribution in [0.2, 0.25) is 0 Å². The fourth-order valence-electron chi connectivity index (χ4n) is 3.18. The number of nitrogens with two attached hydrogens (primary N) is 1. The number of carbonyl (C=O) groups excluding carboxylic acids is 1. The molecule has 3 N–H and O–H groups in total. The summed E-state index contributed by atoms with van der Waals surface area (Å²) in [6.07, 6.45) is 2.23. The molecule has 1 aliphatic rings. The lowest BCUT2D eigenvalue weighted by molar-refractivity contribution is -0.0782. The van der Waals surface area contributed by atoms with Gasteiger partial charge in [0.15, 0.2) is 0 Å². The Morgan fingerprint density at radius 1 is 1.24 bits per heavy atom. The summed E-state index contributed by atoms with van der Waals surface area (Å²) in [5.41, 5.74) is 8.65. The maximum atomic E-state index is 14.8. The standard InChI is InChI=1S/C20H18FN5O3/c1-11-18(13-3-5-17(22)23-7-13)19(25-10-24-11)12-2-4-15(16(21)6-12)20(28)26-8-14(27)9-29-26/h2-7,10,14,27H,8-9H2,1H3,(H2,22,23). The maximum absolute atomic E-state index is 14.8. The van der Waals surface area contributed by atoms with Crippen molar-refractivity contribution in [3.8, 4) is 22.4 Å². The van der Waals surface area contributed by atoms with Crippen molar-refractivity contribution in [2.24, 2.45) is 0 Å². The number of aliphatic hydroxyl groups excluding tert-OH is 1.